The number of nitrogens with one attached hydrogen (secondary N) is 3. The Kier molecular flexibility index (Phi) is 3.70. The Morgan fingerprint density at radius 3 is 2.79 bits per heavy atom. The predicted molar refractivity (Wildman–Crippen MR) is 102 cm³/mol. The number of carboxylic acid groups (broad SMARTS) is 1. The van der Waals surface area contributed by atoms with Gasteiger partial charge in [0.25, 0.3) is 5.91 Å². The van der Waals surface area contributed by atoms with Gasteiger partial charge in [0.2, 0.25) is 0 Å². The average Bonchev–Trinajstić information content (AvgIpc) is 3.32. The number of halogens is 1. The molecule has 5 rings (SSSR count). The van der Waals surface area contributed by atoms with Crippen LogP contribution in [0.1, 0.15) is 26.5 Å². The van der Waals surface area contributed by atoms with Gasteiger partial charge in [0.1, 0.15) is 11.5 Å². The lowest BCUT2D eigenvalue weighted by Gasteiger charge is -2.10. The Balaban J connectivity index is 1.59. The molecule has 0 spiro atoms. The van der Waals surface area contributed by atoms with Gasteiger partial charge < -0.3 is 20.4 Å². The number of aromatic carboxylic acids is 1. The first kappa shape index (κ1) is 17.1. The van der Waals surface area contributed by atoms with Gasteiger partial charge in [-0.05, 0) is 30.3 Å². The number of nitrogens with zero attached hydrogens (tertiary/aromatic N) is 2. The van der Waals surface area contributed by atoms with E-state index < -0.39 is 11.8 Å². The summed E-state index contributed by atoms with van der Waals surface area (Å²) in [5, 5.41) is 12.3. The number of hydrogen-bond donors (Lipinski definition) is 4. The molecule has 0 saturated heterocycles. The summed E-state index contributed by atoms with van der Waals surface area (Å²) < 4.78 is 14.7. The maximum Gasteiger partial charge on any atom is 0.352 e. The highest BCUT2D eigenvalue weighted by Crippen LogP contribution is 2.28. The topological polar surface area (TPSA) is 124 Å². The molecular weight excluding hydrogens is 377 g/mol. The van der Waals surface area contributed by atoms with Crippen LogP contribution in [-0.4, -0.2) is 43.5 Å². The molecule has 4 N–H and O–H groups in total. The highest BCUT2D eigenvalue weighted by atomic mass is 19.1. The van der Waals surface area contributed by atoms with Crippen LogP contribution in [0, 0.1) is 5.82 Å². The Hall–Kier alpha value is -4.01. The number of hydrogen-bond acceptors (Lipinski definition) is 4. The molecule has 0 radical (unpaired) electrons. The van der Waals surface area contributed by atoms with Crippen molar-refractivity contribution in [3.05, 3.63) is 59.3 Å². The number of carboxylic acids is 1. The van der Waals surface area contributed by atoms with Crippen LogP contribution in [0.2, 0.25) is 0 Å². The Morgan fingerprint density at radius 2 is 2.00 bits per heavy atom. The standard InChI is InChI=1S/C20H14FN5O3/c21-12-5-9-6-17(20(28)29)25-15(9)7-10(12)18-22-3-2-14(26-18)16-8-11-13(24-16)1-4-23-19(11)27/h2-3,5-8,24-25H,1,4H2,(H,23,27)(H,28,29). The molecule has 8 nitrogen and oxygen atoms in total. The van der Waals surface area contributed by atoms with Crippen molar-refractivity contribution in [2.24, 2.45) is 0 Å². The zero-order valence-electron chi connectivity index (χ0n) is 14.9. The molecule has 9 heteroatoms. The summed E-state index contributed by atoms with van der Waals surface area (Å²) in [4.78, 5) is 37.7. The first-order valence-electron chi connectivity index (χ1n) is 8.89. The highest BCUT2D eigenvalue weighted by Gasteiger charge is 2.21. The molecule has 4 heterocycles. The number of benzene rings is 1. The first-order chi connectivity index (χ1) is 14.0. The van der Waals surface area contributed by atoms with Crippen LogP contribution in [0.3, 0.4) is 0 Å². The lowest BCUT2D eigenvalue weighted by atomic mass is 10.1. The lowest BCUT2D eigenvalue weighted by molar-refractivity contribution is 0.0691. The third-order valence-corrected chi connectivity index (χ3v) is 4.92. The summed E-state index contributed by atoms with van der Waals surface area (Å²) in [5.41, 5.74) is 3.17. The number of aromatic nitrogens is 4. The van der Waals surface area contributed by atoms with E-state index in [1.165, 1.54) is 24.4 Å². The van der Waals surface area contributed by atoms with Crippen molar-refractivity contribution in [3.63, 3.8) is 0 Å². The maximum absolute atomic E-state index is 14.7. The fraction of sp³-hybridized carbons (Fsp3) is 0.100. The number of fused-ring (bicyclic) bond motifs is 2. The van der Waals surface area contributed by atoms with Crippen LogP contribution in [0.25, 0.3) is 33.7 Å². The molecule has 1 aliphatic rings. The molecule has 144 valence electrons. The van der Waals surface area contributed by atoms with Gasteiger partial charge in [-0.15, -0.1) is 0 Å². The summed E-state index contributed by atoms with van der Waals surface area (Å²) >= 11 is 0. The third kappa shape index (κ3) is 2.83. The van der Waals surface area contributed by atoms with Crippen molar-refractivity contribution >= 4 is 22.8 Å². The molecular formula is C20H14FN5O3. The average molecular weight is 391 g/mol. The second-order valence-corrected chi connectivity index (χ2v) is 6.75. The number of aromatic amines is 2. The molecule has 29 heavy (non-hydrogen) atoms. The summed E-state index contributed by atoms with van der Waals surface area (Å²) in [6.07, 6.45) is 2.21. The first-order valence-corrected chi connectivity index (χ1v) is 8.89. The smallest absolute Gasteiger partial charge is 0.352 e. The van der Waals surface area contributed by atoms with Gasteiger partial charge in [-0.3, -0.25) is 4.79 Å². The molecule has 3 aromatic heterocycles. The van der Waals surface area contributed by atoms with Gasteiger partial charge in [0.05, 0.1) is 22.5 Å². The van der Waals surface area contributed by atoms with Crippen LogP contribution in [0.4, 0.5) is 4.39 Å². The maximum atomic E-state index is 14.7. The Bertz CT molecular complexity index is 1310. The van der Waals surface area contributed by atoms with E-state index in [1.54, 1.807) is 12.1 Å². The van der Waals surface area contributed by atoms with E-state index in [1.807, 2.05) is 0 Å². The molecule has 0 aliphatic carbocycles. The van der Waals surface area contributed by atoms with E-state index >= 15 is 0 Å². The van der Waals surface area contributed by atoms with Crippen LogP contribution in [0.5, 0.6) is 0 Å². The van der Waals surface area contributed by atoms with Gasteiger partial charge in [0, 0.05) is 35.8 Å². The van der Waals surface area contributed by atoms with Crippen molar-refractivity contribution < 1.29 is 19.1 Å². The van der Waals surface area contributed by atoms with E-state index in [0.717, 1.165) is 5.69 Å². The fourth-order valence-electron chi connectivity index (χ4n) is 3.51. The van der Waals surface area contributed by atoms with Gasteiger partial charge in [-0.1, -0.05) is 0 Å². The molecule has 1 aromatic carbocycles. The number of carbonyl (C=O) groups is 2. The zero-order chi connectivity index (χ0) is 20.1. The zero-order valence-corrected chi connectivity index (χ0v) is 14.9. The number of rotatable bonds is 3. The number of carbonyl (C=O) groups excluding carboxylic acids is 1. The monoisotopic (exact) mass is 391 g/mol. The Morgan fingerprint density at radius 1 is 1.14 bits per heavy atom. The highest BCUT2D eigenvalue weighted by molar-refractivity contribution is 5.98. The predicted octanol–water partition coefficient (Wildman–Crippen LogP) is 2.74. The molecule has 0 fully saturated rings. The van der Waals surface area contributed by atoms with E-state index in [2.05, 4.69) is 25.3 Å². The quantitative estimate of drug-likeness (QED) is 0.428. The minimum absolute atomic E-state index is 0.0264. The molecule has 0 saturated carbocycles. The van der Waals surface area contributed by atoms with E-state index in [0.29, 0.717) is 40.8 Å². The van der Waals surface area contributed by atoms with Crippen molar-refractivity contribution in [1.29, 1.82) is 0 Å². The third-order valence-electron chi connectivity index (χ3n) is 4.92. The van der Waals surface area contributed by atoms with Crippen molar-refractivity contribution in [3.8, 4) is 22.8 Å². The summed E-state index contributed by atoms with van der Waals surface area (Å²) in [6.45, 7) is 0.570. The van der Waals surface area contributed by atoms with E-state index in [4.69, 9.17) is 5.11 Å². The molecule has 1 amide bonds. The molecule has 4 aromatic rings. The minimum Gasteiger partial charge on any atom is -0.477 e. The molecule has 0 bridgehead atoms. The minimum atomic E-state index is -1.12. The molecule has 0 atom stereocenters. The normalized spacial score (nSPS) is 13.3. The van der Waals surface area contributed by atoms with Gasteiger partial charge in [0.15, 0.2) is 5.82 Å². The fourth-order valence-corrected chi connectivity index (χ4v) is 3.51. The molecule has 0 unspecified atom stereocenters. The summed E-state index contributed by atoms with van der Waals surface area (Å²) in [5.74, 6) is -1.66. The largest absolute Gasteiger partial charge is 0.477 e. The Labute approximate surface area is 162 Å². The van der Waals surface area contributed by atoms with Crippen molar-refractivity contribution in [1.82, 2.24) is 25.3 Å². The van der Waals surface area contributed by atoms with Crippen LogP contribution < -0.4 is 5.32 Å². The van der Waals surface area contributed by atoms with Crippen LogP contribution in [0.15, 0.2) is 36.5 Å². The molecule has 1 aliphatic heterocycles. The van der Waals surface area contributed by atoms with Crippen LogP contribution in [-0.2, 0) is 6.42 Å². The van der Waals surface area contributed by atoms with Gasteiger partial charge >= 0.3 is 5.97 Å². The van der Waals surface area contributed by atoms with Crippen molar-refractivity contribution in [2.75, 3.05) is 6.54 Å². The van der Waals surface area contributed by atoms with Gasteiger partial charge in [-0.2, -0.15) is 0 Å². The second kappa shape index (κ2) is 6.26. The van der Waals surface area contributed by atoms with Crippen molar-refractivity contribution in [2.45, 2.75) is 6.42 Å². The summed E-state index contributed by atoms with van der Waals surface area (Å²) in [7, 11) is 0. The number of amides is 1. The van der Waals surface area contributed by atoms with Crippen LogP contribution >= 0.6 is 0 Å². The lowest BCUT2D eigenvalue weighted by Crippen LogP contribution is -2.31. The summed E-state index contributed by atoms with van der Waals surface area (Å²) in [6, 6.07) is 7.51. The van der Waals surface area contributed by atoms with E-state index in [9.17, 15) is 14.0 Å². The van der Waals surface area contributed by atoms with Gasteiger partial charge in [-0.25, -0.2) is 19.2 Å². The second-order valence-electron chi connectivity index (χ2n) is 6.75. The number of H-pyrrole nitrogens is 2. The van der Waals surface area contributed by atoms with E-state index in [-0.39, 0.29) is 23.0 Å². The SMILES string of the molecule is O=C(O)c1cc2cc(F)c(-c3nccc(-c4cc5c([nH]4)CCNC5=O)n3)cc2[nH]1.